The Balaban J connectivity index is 1.82. The van der Waals surface area contributed by atoms with Crippen molar-refractivity contribution in [3.05, 3.63) is 29.8 Å². The molecule has 20 heavy (non-hydrogen) atoms. The summed E-state index contributed by atoms with van der Waals surface area (Å²) in [6.07, 6.45) is 1.12. The minimum atomic E-state index is -0.0978. The Hall–Kier alpha value is -1.55. The summed E-state index contributed by atoms with van der Waals surface area (Å²) in [6.45, 7) is 6.79. The highest BCUT2D eigenvalue weighted by atomic mass is 16.5. The first-order chi connectivity index (χ1) is 9.61. The summed E-state index contributed by atoms with van der Waals surface area (Å²) in [5.74, 6) is 1.72. The number of hydrogen-bond acceptors (Lipinski definition) is 3. The van der Waals surface area contributed by atoms with Crippen LogP contribution in [-0.4, -0.2) is 29.5 Å². The van der Waals surface area contributed by atoms with E-state index in [0.717, 1.165) is 17.7 Å². The molecule has 1 saturated carbocycles. The lowest BCUT2D eigenvalue weighted by molar-refractivity contribution is -0.130. The minimum Gasteiger partial charge on any atom is -0.494 e. The number of nitrogens with zero attached hydrogens (tertiary/aromatic N) is 1. The SMILES string of the molecule is CCOc1ccc(C2NC(C)C(=O)N2C2CC2C)cc1. The molecule has 108 valence electrons. The molecule has 0 spiro atoms. The largest absolute Gasteiger partial charge is 0.494 e. The zero-order valence-electron chi connectivity index (χ0n) is 12.3. The molecule has 2 fully saturated rings. The zero-order chi connectivity index (χ0) is 14.3. The first kappa shape index (κ1) is 13.4. The van der Waals surface area contributed by atoms with Gasteiger partial charge in [0.15, 0.2) is 0 Å². The van der Waals surface area contributed by atoms with Gasteiger partial charge in [-0.25, -0.2) is 0 Å². The van der Waals surface area contributed by atoms with Crippen LogP contribution in [0.1, 0.15) is 38.9 Å². The normalized spacial score (nSPS) is 32.5. The van der Waals surface area contributed by atoms with Gasteiger partial charge in [0, 0.05) is 6.04 Å². The molecule has 4 nitrogen and oxygen atoms in total. The van der Waals surface area contributed by atoms with E-state index in [9.17, 15) is 4.79 Å². The highest BCUT2D eigenvalue weighted by molar-refractivity contribution is 5.84. The van der Waals surface area contributed by atoms with Gasteiger partial charge in [0.2, 0.25) is 5.91 Å². The highest BCUT2D eigenvalue weighted by Gasteiger charge is 2.49. The van der Waals surface area contributed by atoms with Gasteiger partial charge in [-0.1, -0.05) is 19.1 Å². The molecule has 1 aliphatic heterocycles. The Bertz CT molecular complexity index is 500. The summed E-state index contributed by atoms with van der Waals surface area (Å²) in [6, 6.07) is 8.35. The van der Waals surface area contributed by atoms with Crippen LogP contribution in [0.2, 0.25) is 0 Å². The van der Waals surface area contributed by atoms with Crippen molar-refractivity contribution in [2.45, 2.75) is 45.4 Å². The highest BCUT2D eigenvalue weighted by Crippen LogP contribution is 2.41. The summed E-state index contributed by atoms with van der Waals surface area (Å²) < 4.78 is 5.47. The van der Waals surface area contributed by atoms with Gasteiger partial charge < -0.3 is 9.64 Å². The van der Waals surface area contributed by atoms with E-state index in [1.54, 1.807) is 0 Å². The summed E-state index contributed by atoms with van der Waals surface area (Å²) >= 11 is 0. The van der Waals surface area contributed by atoms with Crippen LogP contribution >= 0.6 is 0 Å². The third-order valence-electron chi connectivity index (χ3n) is 4.24. The minimum absolute atomic E-state index is 0.00289. The Labute approximate surface area is 120 Å². The van der Waals surface area contributed by atoms with Crippen molar-refractivity contribution in [1.29, 1.82) is 0 Å². The Morgan fingerprint density at radius 3 is 2.50 bits per heavy atom. The van der Waals surface area contributed by atoms with Crippen molar-refractivity contribution in [2.75, 3.05) is 6.61 Å². The number of benzene rings is 1. The molecule has 3 rings (SSSR count). The fraction of sp³-hybridized carbons (Fsp3) is 0.562. The molecular formula is C16H22N2O2. The van der Waals surface area contributed by atoms with Crippen molar-refractivity contribution in [2.24, 2.45) is 5.92 Å². The monoisotopic (exact) mass is 274 g/mol. The zero-order valence-corrected chi connectivity index (χ0v) is 12.3. The molecule has 1 saturated heterocycles. The van der Waals surface area contributed by atoms with Gasteiger partial charge >= 0.3 is 0 Å². The number of rotatable bonds is 4. The van der Waals surface area contributed by atoms with Crippen LogP contribution in [0.15, 0.2) is 24.3 Å². The van der Waals surface area contributed by atoms with Crippen LogP contribution < -0.4 is 10.1 Å². The van der Waals surface area contributed by atoms with Crippen molar-refractivity contribution >= 4 is 5.91 Å². The van der Waals surface area contributed by atoms with Gasteiger partial charge in [0.05, 0.1) is 12.6 Å². The Morgan fingerprint density at radius 2 is 1.95 bits per heavy atom. The van der Waals surface area contributed by atoms with Gasteiger partial charge in [-0.05, 0) is 43.9 Å². The quantitative estimate of drug-likeness (QED) is 0.916. The third-order valence-corrected chi connectivity index (χ3v) is 4.24. The van der Waals surface area contributed by atoms with E-state index in [1.807, 2.05) is 43.0 Å². The molecule has 0 aromatic heterocycles. The second-order valence-electron chi connectivity index (χ2n) is 5.82. The summed E-state index contributed by atoms with van der Waals surface area (Å²) in [5, 5.41) is 3.40. The number of carbonyl (C=O) groups excluding carboxylic acids is 1. The van der Waals surface area contributed by atoms with Crippen LogP contribution in [0.4, 0.5) is 0 Å². The second kappa shape index (κ2) is 5.09. The standard InChI is InChI=1S/C16H22N2O2/c1-4-20-13-7-5-12(6-8-13)15-17-11(3)16(19)18(15)14-9-10(14)2/h5-8,10-11,14-15,17H,4,9H2,1-3H3. The molecule has 4 unspecified atom stereocenters. The first-order valence-electron chi connectivity index (χ1n) is 7.42. The molecule has 1 aromatic carbocycles. The molecule has 2 aliphatic rings. The number of nitrogens with one attached hydrogen (secondary N) is 1. The van der Waals surface area contributed by atoms with Gasteiger partial charge in [-0.2, -0.15) is 0 Å². The van der Waals surface area contributed by atoms with Crippen molar-refractivity contribution in [1.82, 2.24) is 10.2 Å². The van der Waals surface area contributed by atoms with Crippen LogP contribution in [0.25, 0.3) is 0 Å². The second-order valence-corrected chi connectivity index (χ2v) is 5.82. The molecule has 4 heteroatoms. The first-order valence-corrected chi connectivity index (χ1v) is 7.42. The van der Waals surface area contributed by atoms with E-state index in [0.29, 0.717) is 18.6 Å². The maximum atomic E-state index is 12.3. The smallest absolute Gasteiger partial charge is 0.241 e. The molecule has 0 bridgehead atoms. The fourth-order valence-electron chi connectivity index (χ4n) is 2.95. The van der Waals surface area contributed by atoms with Crippen LogP contribution in [0.5, 0.6) is 5.75 Å². The molecule has 1 amide bonds. The summed E-state index contributed by atoms with van der Waals surface area (Å²) in [5.41, 5.74) is 1.13. The summed E-state index contributed by atoms with van der Waals surface area (Å²) in [7, 11) is 0. The average Bonchev–Trinajstić information content (AvgIpc) is 3.07. The number of carbonyl (C=O) groups is 1. The van der Waals surface area contributed by atoms with Crippen LogP contribution in [-0.2, 0) is 4.79 Å². The number of hydrogen-bond donors (Lipinski definition) is 1. The van der Waals surface area contributed by atoms with Gasteiger partial charge in [0.1, 0.15) is 11.9 Å². The van der Waals surface area contributed by atoms with E-state index in [2.05, 4.69) is 12.2 Å². The van der Waals surface area contributed by atoms with Crippen molar-refractivity contribution < 1.29 is 9.53 Å². The van der Waals surface area contributed by atoms with E-state index in [-0.39, 0.29) is 18.1 Å². The van der Waals surface area contributed by atoms with Gasteiger partial charge in [0.25, 0.3) is 0 Å². The van der Waals surface area contributed by atoms with Crippen molar-refractivity contribution in [3.63, 3.8) is 0 Å². The van der Waals surface area contributed by atoms with Crippen molar-refractivity contribution in [3.8, 4) is 5.75 Å². The lowest BCUT2D eigenvalue weighted by Gasteiger charge is -2.25. The molecule has 1 heterocycles. The average molecular weight is 274 g/mol. The predicted molar refractivity (Wildman–Crippen MR) is 77.4 cm³/mol. The molecule has 0 radical (unpaired) electrons. The number of ether oxygens (including phenoxy) is 1. The molecule has 1 aliphatic carbocycles. The van der Waals surface area contributed by atoms with Crippen LogP contribution in [0.3, 0.4) is 0 Å². The Kier molecular flexibility index (Phi) is 3.42. The molecule has 1 N–H and O–H groups in total. The topological polar surface area (TPSA) is 41.6 Å². The Morgan fingerprint density at radius 1 is 1.30 bits per heavy atom. The molecular weight excluding hydrogens is 252 g/mol. The predicted octanol–water partition coefficient (Wildman–Crippen LogP) is 2.31. The van der Waals surface area contributed by atoms with Gasteiger partial charge in [-0.15, -0.1) is 0 Å². The summed E-state index contributed by atoms with van der Waals surface area (Å²) in [4.78, 5) is 14.4. The molecule has 1 aromatic rings. The van der Waals surface area contributed by atoms with E-state index in [4.69, 9.17) is 4.74 Å². The molecule has 4 atom stereocenters. The van der Waals surface area contributed by atoms with Gasteiger partial charge in [-0.3, -0.25) is 10.1 Å². The van der Waals surface area contributed by atoms with E-state index >= 15 is 0 Å². The van der Waals surface area contributed by atoms with Crippen LogP contribution in [0, 0.1) is 5.92 Å². The van der Waals surface area contributed by atoms with E-state index < -0.39 is 0 Å². The number of amides is 1. The maximum absolute atomic E-state index is 12.3. The van der Waals surface area contributed by atoms with E-state index in [1.165, 1.54) is 0 Å². The fourth-order valence-corrected chi connectivity index (χ4v) is 2.95. The maximum Gasteiger partial charge on any atom is 0.241 e. The lowest BCUT2D eigenvalue weighted by atomic mass is 10.1. The lowest BCUT2D eigenvalue weighted by Crippen LogP contribution is -2.33. The third kappa shape index (κ3) is 2.29.